The molecule has 0 aliphatic carbocycles. The van der Waals surface area contributed by atoms with Crippen molar-refractivity contribution in [3.05, 3.63) is 46.4 Å². The molecule has 106 valence electrons. The van der Waals surface area contributed by atoms with Crippen LogP contribution in [0.15, 0.2) is 30.6 Å². The third-order valence-corrected chi connectivity index (χ3v) is 3.28. The van der Waals surface area contributed by atoms with Crippen LogP contribution in [0.1, 0.15) is 24.5 Å². The van der Waals surface area contributed by atoms with Crippen molar-refractivity contribution < 1.29 is 13.2 Å². The lowest BCUT2D eigenvalue weighted by Crippen LogP contribution is -2.05. The van der Waals surface area contributed by atoms with Gasteiger partial charge in [-0.05, 0) is 24.1 Å². The van der Waals surface area contributed by atoms with Crippen LogP contribution in [0, 0.1) is 4.64 Å². The summed E-state index contributed by atoms with van der Waals surface area (Å²) in [5, 5.41) is 0. The molecule has 0 unspecified atom stereocenters. The number of nitrogens with zero attached hydrogens (tertiary/aromatic N) is 1. The van der Waals surface area contributed by atoms with E-state index in [0.717, 1.165) is 24.1 Å². The molecule has 0 aliphatic rings. The Balaban J connectivity index is 2.57. The topological polar surface area (TPSA) is 28.7 Å². The highest BCUT2D eigenvalue weighted by atomic mass is 32.1. The first-order valence-corrected chi connectivity index (χ1v) is 6.58. The van der Waals surface area contributed by atoms with Crippen molar-refractivity contribution in [2.24, 2.45) is 0 Å². The Hall–Kier alpha value is -1.69. The van der Waals surface area contributed by atoms with Gasteiger partial charge >= 0.3 is 6.18 Å². The monoisotopic (exact) mass is 298 g/mol. The Kier molecular flexibility index (Phi) is 4.23. The number of benzene rings is 1. The molecular formula is C14H13F3N2S. The minimum Gasteiger partial charge on any atom is -0.346 e. The molecule has 0 atom stereocenters. The molecule has 6 heteroatoms. The smallest absolute Gasteiger partial charge is 0.346 e. The van der Waals surface area contributed by atoms with Gasteiger partial charge in [-0.3, -0.25) is 0 Å². The lowest BCUT2D eigenvalue weighted by atomic mass is 10.0. The molecule has 1 N–H and O–H groups in total. The summed E-state index contributed by atoms with van der Waals surface area (Å²) in [7, 11) is 0. The third kappa shape index (κ3) is 3.07. The lowest BCUT2D eigenvalue weighted by Gasteiger charge is -2.11. The predicted octanol–water partition coefficient (Wildman–Crippen LogP) is 4.78. The highest BCUT2D eigenvalue weighted by molar-refractivity contribution is 7.71. The van der Waals surface area contributed by atoms with Crippen LogP contribution in [-0.4, -0.2) is 9.97 Å². The number of aromatic amines is 1. The SMILES string of the molecule is CCCc1c(-c2cccc(C(F)(F)F)c2)[nH]cnc1=S. The van der Waals surface area contributed by atoms with E-state index in [0.29, 0.717) is 22.3 Å². The van der Waals surface area contributed by atoms with Crippen LogP contribution in [0.3, 0.4) is 0 Å². The molecule has 0 bridgehead atoms. The summed E-state index contributed by atoms with van der Waals surface area (Å²) >= 11 is 5.16. The fourth-order valence-electron chi connectivity index (χ4n) is 2.02. The van der Waals surface area contributed by atoms with Gasteiger partial charge < -0.3 is 4.98 Å². The quantitative estimate of drug-likeness (QED) is 0.826. The van der Waals surface area contributed by atoms with Crippen LogP contribution in [0.2, 0.25) is 0 Å². The van der Waals surface area contributed by atoms with Gasteiger partial charge in [0.15, 0.2) is 0 Å². The number of alkyl halides is 3. The number of hydrogen-bond acceptors (Lipinski definition) is 2. The fraction of sp³-hybridized carbons (Fsp3) is 0.286. The Labute approximate surface area is 119 Å². The molecule has 0 aliphatic heterocycles. The van der Waals surface area contributed by atoms with E-state index < -0.39 is 11.7 Å². The van der Waals surface area contributed by atoms with Crippen LogP contribution in [-0.2, 0) is 12.6 Å². The Morgan fingerprint density at radius 2 is 2.05 bits per heavy atom. The second-order valence-electron chi connectivity index (χ2n) is 4.39. The molecule has 1 aromatic heterocycles. The second kappa shape index (κ2) is 5.75. The Morgan fingerprint density at radius 1 is 1.30 bits per heavy atom. The van der Waals surface area contributed by atoms with E-state index in [9.17, 15) is 13.2 Å². The summed E-state index contributed by atoms with van der Waals surface area (Å²) in [5.74, 6) is 0. The molecular weight excluding hydrogens is 285 g/mol. The number of H-pyrrole nitrogens is 1. The van der Waals surface area contributed by atoms with Gasteiger partial charge in [0.1, 0.15) is 4.64 Å². The second-order valence-corrected chi connectivity index (χ2v) is 4.78. The van der Waals surface area contributed by atoms with Crippen LogP contribution in [0.5, 0.6) is 0 Å². The van der Waals surface area contributed by atoms with E-state index in [1.54, 1.807) is 6.07 Å². The van der Waals surface area contributed by atoms with Crippen molar-refractivity contribution in [3.8, 4) is 11.3 Å². The normalized spacial score (nSPS) is 11.6. The molecule has 0 saturated heterocycles. The van der Waals surface area contributed by atoms with E-state index in [2.05, 4.69) is 9.97 Å². The number of aromatic nitrogens is 2. The molecule has 1 aromatic carbocycles. The van der Waals surface area contributed by atoms with Gasteiger partial charge in [-0.2, -0.15) is 13.2 Å². The molecule has 2 rings (SSSR count). The van der Waals surface area contributed by atoms with Crippen molar-refractivity contribution in [2.75, 3.05) is 0 Å². The minimum atomic E-state index is -4.36. The Bertz CT molecular complexity index is 662. The summed E-state index contributed by atoms with van der Waals surface area (Å²) < 4.78 is 38.7. The van der Waals surface area contributed by atoms with Gasteiger partial charge in [-0.25, -0.2) is 4.98 Å². The summed E-state index contributed by atoms with van der Waals surface area (Å²) in [6, 6.07) is 5.21. The maximum atomic E-state index is 12.8. The molecule has 0 spiro atoms. The molecule has 0 radical (unpaired) electrons. The zero-order valence-electron chi connectivity index (χ0n) is 10.8. The average Bonchev–Trinajstić information content (AvgIpc) is 2.40. The maximum Gasteiger partial charge on any atom is 0.416 e. The number of rotatable bonds is 3. The summed E-state index contributed by atoms with van der Waals surface area (Å²) in [6.07, 6.45) is -1.42. The third-order valence-electron chi connectivity index (χ3n) is 2.93. The fourth-order valence-corrected chi connectivity index (χ4v) is 2.27. The van der Waals surface area contributed by atoms with E-state index in [-0.39, 0.29) is 0 Å². The summed E-state index contributed by atoms with van der Waals surface area (Å²) in [4.78, 5) is 6.90. The van der Waals surface area contributed by atoms with Crippen LogP contribution >= 0.6 is 12.2 Å². The first-order valence-electron chi connectivity index (χ1n) is 6.17. The molecule has 0 fully saturated rings. The zero-order chi connectivity index (χ0) is 14.8. The van der Waals surface area contributed by atoms with Gasteiger partial charge in [0.25, 0.3) is 0 Å². The van der Waals surface area contributed by atoms with Gasteiger partial charge in [0.2, 0.25) is 0 Å². The van der Waals surface area contributed by atoms with Crippen LogP contribution < -0.4 is 0 Å². The molecule has 0 amide bonds. The van der Waals surface area contributed by atoms with E-state index in [1.165, 1.54) is 12.4 Å². The Morgan fingerprint density at radius 3 is 2.70 bits per heavy atom. The molecule has 2 aromatic rings. The number of hydrogen-bond donors (Lipinski definition) is 1. The average molecular weight is 298 g/mol. The van der Waals surface area contributed by atoms with Gasteiger partial charge in [-0.1, -0.05) is 37.7 Å². The van der Waals surface area contributed by atoms with Crippen molar-refractivity contribution >= 4 is 12.2 Å². The first-order chi connectivity index (χ1) is 9.43. The summed E-state index contributed by atoms with van der Waals surface area (Å²) in [6.45, 7) is 1.98. The first kappa shape index (κ1) is 14.7. The standard InChI is InChI=1S/C14H13F3N2S/c1-2-4-11-12(18-8-19-13(11)20)9-5-3-6-10(7-9)14(15,16)17/h3,5-8H,2,4H2,1H3,(H,18,19,20). The van der Waals surface area contributed by atoms with Crippen molar-refractivity contribution in [2.45, 2.75) is 25.9 Å². The lowest BCUT2D eigenvalue weighted by molar-refractivity contribution is -0.137. The van der Waals surface area contributed by atoms with Crippen molar-refractivity contribution in [1.82, 2.24) is 9.97 Å². The maximum absolute atomic E-state index is 12.8. The van der Waals surface area contributed by atoms with Crippen LogP contribution in [0.25, 0.3) is 11.3 Å². The molecule has 0 saturated carbocycles. The minimum absolute atomic E-state index is 0.429. The van der Waals surface area contributed by atoms with Gasteiger partial charge in [-0.15, -0.1) is 0 Å². The zero-order valence-corrected chi connectivity index (χ0v) is 11.6. The largest absolute Gasteiger partial charge is 0.416 e. The van der Waals surface area contributed by atoms with Gasteiger partial charge in [0, 0.05) is 5.56 Å². The van der Waals surface area contributed by atoms with E-state index in [1.807, 2.05) is 6.92 Å². The van der Waals surface area contributed by atoms with Crippen molar-refractivity contribution in [1.29, 1.82) is 0 Å². The van der Waals surface area contributed by atoms with Gasteiger partial charge in [0.05, 0.1) is 17.6 Å². The van der Waals surface area contributed by atoms with E-state index in [4.69, 9.17) is 12.2 Å². The van der Waals surface area contributed by atoms with Crippen LogP contribution in [0.4, 0.5) is 13.2 Å². The molecule has 20 heavy (non-hydrogen) atoms. The highest BCUT2D eigenvalue weighted by Gasteiger charge is 2.30. The predicted molar refractivity (Wildman–Crippen MR) is 73.9 cm³/mol. The summed E-state index contributed by atoms with van der Waals surface area (Å²) in [5.41, 5.74) is 1.19. The molecule has 1 heterocycles. The molecule has 2 nitrogen and oxygen atoms in total. The van der Waals surface area contributed by atoms with E-state index >= 15 is 0 Å². The highest BCUT2D eigenvalue weighted by Crippen LogP contribution is 2.32. The van der Waals surface area contributed by atoms with Crippen molar-refractivity contribution in [3.63, 3.8) is 0 Å². The number of nitrogens with one attached hydrogen (secondary N) is 1. The number of halogens is 3.